The highest BCUT2D eigenvalue weighted by atomic mass is 16.5. The standard InChI is InChI=1S/C17H37N5O/c1-4-21-12-14-22(15-13-21)11-7-6-9-19-17(18-3)20-10-8-16-23-5-2/h4-16H2,1-3H3,(H2,18,19,20). The molecule has 0 aliphatic carbocycles. The summed E-state index contributed by atoms with van der Waals surface area (Å²) < 4.78 is 5.33. The van der Waals surface area contributed by atoms with Crippen LogP contribution in [0.15, 0.2) is 4.99 Å². The number of nitrogens with one attached hydrogen (secondary N) is 2. The zero-order chi connectivity index (χ0) is 16.8. The highest BCUT2D eigenvalue weighted by molar-refractivity contribution is 5.79. The van der Waals surface area contributed by atoms with Crippen molar-refractivity contribution < 1.29 is 4.74 Å². The normalized spacial score (nSPS) is 17.4. The van der Waals surface area contributed by atoms with E-state index in [-0.39, 0.29) is 0 Å². The molecule has 0 atom stereocenters. The minimum Gasteiger partial charge on any atom is -0.382 e. The Morgan fingerprint density at radius 3 is 2.22 bits per heavy atom. The molecule has 2 N–H and O–H groups in total. The van der Waals surface area contributed by atoms with Gasteiger partial charge in [-0.3, -0.25) is 4.99 Å². The summed E-state index contributed by atoms with van der Waals surface area (Å²) in [6.45, 7) is 15.1. The number of unbranched alkanes of at least 4 members (excludes halogenated alkanes) is 1. The first kappa shape index (κ1) is 20.2. The molecule has 0 amide bonds. The summed E-state index contributed by atoms with van der Waals surface area (Å²) in [7, 11) is 1.82. The fraction of sp³-hybridized carbons (Fsp3) is 0.941. The summed E-state index contributed by atoms with van der Waals surface area (Å²) in [4.78, 5) is 9.37. The third-order valence-electron chi connectivity index (χ3n) is 4.29. The van der Waals surface area contributed by atoms with Crippen molar-refractivity contribution in [2.45, 2.75) is 33.1 Å². The fourth-order valence-electron chi connectivity index (χ4n) is 2.74. The number of aliphatic imine (C=N–C) groups is 1. The molecule has 136 valence electrons. The zero-order valence-electron chi connectivity index (χ0n) is 15.4. The molecule has 0 aromatic carbocycles. The summed E-state index contributed by atoms with van der Waals surface area (Å²) in [5.74, 6) is 0.901. The lowest BCUT2D eigenvalue weighted by molar-refractivity contribution is 0.136. The van der Waals surface area contributed by atoms with Crippen LogP contribution in [0, 0.1) is 0 Å². The van der Waals surface area contributed by atoms with E-state index in [0.717, 1.165) is 38.7 Å². The maximum Gasteiger partial charge on any atom is 0.190 e. The highest BCUT2D eigenvalue weighted by Gasteiger charge is 2.14. The molecule has 0 bridgehead atoms. The SMILES string of the molecule is CCOCCCNC(=NC)NCCCCN1CCN(CC)CC1. The molecule has 1 aliphatic rings. The molecule has 0 spiro atoms. The Kier molecular flexibility index (Phi) is 11.9. The summed E-state index contributed by atoms with van der Waals surface area (Å²) in [6, 6.07) is 0. The average Bonchev–Trinajstić information content (AvgIpc) is 2.60. The van der Waals surface area contributed by atoms with Gasteiger partial charge in [0.25, 0.3) is 0 Å². The van der Waals surface area contributed by atoms with E-state index in [9.17, 15) is 0 Å². The van der Waals surface area contributed by atoms with Crippen LogP contribution in [0.5, 0.6) is 0 Å². The Hall–Kier alpha value is -0.850. The predicted molar refractivity (Wildman–Crippen MR) is 98.3 cm³/mol. The number of hydrogen-bond acceptors (Lipinski definition) is 4. The molecule has 0 unspecified atom stereocenters. The highest BCUT2D eigenvalue weighted by Crippen LogP contribution is 2.02. The van der Waals surface area contributed by atoms with Gasteiger partial charge in [-0.15, -0.1) is 0 Å². The number of likely N-dealkylation sites (N-methyl/N-ethyl adjacent to an activating group) is 1. The molecule has 0 saturated carbocycles. The lowest BCUT2D eigenvalue weighted by Crippen LogP contribution is -2.46. The molecule has 0 aromatic rings. The van der Waals surface area contributed by atoms with Crippen molar-refractivity contribution >= 4 is 5.96 Å². The Morgan fingerprint density at radius 1 is 0.957 bits per heavy atom. The lowest BCUT2D eigenvalue weighted by Gasteiger charge is -2.34. The van der Waals surface area contributed by atoms with E-state index in [1.807, 2.05) is 14.0 Å². The molecular formula is C17H37N5O. The summed E-state index contributed by atoms with van der Waals surface area (Å²) in [6.07, 6.45) is 3.45. The van der Waals surface area contributed by atoms with E-state index in [2.05, 4.69) is 32.3 Å². The van der Waals surface area contributed by atoms with Gasteiger partial charge in [0.2, 0.25) is 0 Å². The molecule has 6 heteroatoms. The van der Waals surface area contributed by atoms with Crippen LogP contribution in [-0.2, 0) is 4.74 Å². The van der Waals surface area contributed by atoms with Gasteiger partial charge in [0.15, 0.2) is 5.96 Å². The number of piperazine rings is 1. The molecule has 0 radical (unpaired) electrons. The van der Waals surface area contributed by atoms with Gasteiger partial charge < -0.3 is 25.2 Å². The number of nitrogens with zero attached hydrogens (tertiary/aromatic N) is 3. The second-order valence-electron chi connectivity index (χ2n) is 5.96. The van der Waals surface area contributed by atoms with Crippen LogP contribution in [0.4, 0.5) is 0 Å². The first-order valence-corrected chi connectivity index (χ1v) is 9.27. The summed E-state index contributed by atoms with van der Waals surface area (Å²) >= 11 is 0. The van der Waals surface area contributed by atoms with Gasteiger partial charge in [-0.05, 0) is 39.3 Å². The maximum atomic E-state index is 5.33. The van der Waals surface area contributed by atoms with E-state index in [1.54, 1.807) is 0 Å². The van der Waals surface area contributed by atoms with Gasteiger partial charge >= 0.3 is 0 Å². The van der Waals surface area contributed by atoms with Crippen molar-refractivity contribution in [3.63, 3.8) is 0 Å². The first-order valence-electron chi connectivity index (χ1n) is 9.27. The van der Waals surface area contributed by atoms with Gasteiger partial charge in [-0.25, -0.2) is 0 Å². The zero-order valence-corrected chi connectivity index (χ0v) is 15.4. The molecule has 1 aliphatic heterocycles. The van der Waals surface area contributed by atoms with Crippen LogP contribution in [0.25, 0.3) is 0 Å². The van der Waals surface area contributed by atoms with Crippen molar-refractivity contribution in [3.8, 4) is 0 Å². The van der Waals surface area contributed by atoms with E-state index in [4.69, 9.17) is 4.74 Å². The second-order valence-corrected chi connectivity index (χ2v) is 5.96. The fourth-order valence-corrected chi connectivity index (χ4v) is 2.74. The van der Waals surface area contributed by atoms with Crippen molar-refractivity contribution in [1.82, 2.24) is 20.4 Å². The van der Waals surface area contributed by atoms with Gasteiger partial charge in [0.1, 0.15) is 0 Å². The van der Waals surface area contributed by atoms with E-state index < -0.39 is 0 Å². The number of ether oxygens (including phenoxy) is 1. The Labute approximate surface area is 142 Å². The number of rotatable bonds is 11. The van der Waals surface area contributed by atoms with Gasteiger partial charge in [0, 0.05) is 59.5 Å². The van der Waals surface area contributed by atoms with Gasteiger partial charge in [0.05, 0.1) is 0 Å². The molecule has 1 saturated heterocycles. The molecule has 1 heterocycles. The molecule has 23 heavy (non-hydrogen) atoms. The number of guanidine groups is 1. The van der Waals surface area contributed by atoms with E-state index >= 15 is 0 Å². The van der Waals surface area contributed by atoms with Crippen molar-refractivity contribution in [2.75, 3.05) is 72.6 Å². The minimum atomic E-state index is 0.792. The van der Waals surface area contributed by atoms with Crippen LogP contribution in [0.1, 0.15) is 33.1 Å². The predicted octanol–water partition coefficient (Wildman–Crippen LogP) is 0.996. The smallest absolute Gasteiger partial charge is 0.190 e. The van der Waals surface area contributed by atoms with Crippen molar-refractivity contribution in [2.24, 2.45) is 4.99 Å². The Morgan fingerprint density at radius 2 is 1.61 bits per heavy atom. The van der Waals surface area contributed by atoms with Crippen molar-refractivity contribution in [3.05, 3.63) is 0 Å². The van der Waals surface area contributed by atoms with Crippen LogP contribution in [0.2, 0.25) is 0 Å². The lowest BCUT2D eigenvalue weighted by atomic mass is 10.2. The van der Waals surface area contributed by atoms with Crippen LogP contribution >= 0.6 is 0 Å². The average molecular weight is 328 g/mol. The Bertz CT molecular complexity index is 303. The van der Waals surface area contributed by atoms with E-state index in [0.29, 0.717) is 0 Å². The molecule has 0 aromatic heterocycles. The first-order chi connectivity index (χ1) is 11.3. The third-order valence-corrected chi connectivity index (χ3v) is 4.29. The largest absolute Gasteiger partial charge is 0.382 e. The van der Waals surface area contributed by atoms with Crippen LogP contribution in [-0.4, -0.2) is 88.4 Å². The summed E-state index contributed by atoms with van der Waals surface area (Å²) in [5.41, 5.74) is 0. The van der Waals surface area contributed by atoms with Crippen molar-refractivity contribution in [1.29, 1.82) is 0 Å². The molecule has 6 nitrogen and oxygen atoms in total. The van der Waals surface area contributed by atoms with Gasteiger partial charge in [-0.1, -0.05) is 6.92 Å². The quantitative estimate of drug-likeness (QED) is 0.337. The topological polar surface area (TPSA) is 52.1 Å². The minimum absolute atomic E-state index is 0.792. The van der Waals surface area contributed by atoms with E-state index in [1.165, 1.54) is 52.1 Å². The monoisotopic (exact) mass is 327 g/mol. The maximum absolute atomic E-state index is 5.33. The van der Waals surface area contributed by atoms with Gasteiger partial charge in [-0.2, -0.15) is 0 Å². The van der Waals surface area contributed by atoms with Crippen LogP contribution in [0.3, 0.4) is 0 Å². The molecule has 1 fully saturated rings. The molecule has 1 rings (SSSR count). The summed E-state index contributed by atoms with van der Waals surface area (Å²) in [5, 5.41) is 6.71. The van der Waals surface area contributed by atoms with Crippen LogP contribution < -0.4 is 10.6 Å². The molecular weight excluding hydrogens is 290 g/mol. The third kappa shape index (κ3) is 9.79. The number of hydrogen-bond donors (Lipinski definition) is 2. The Balaban J connectivity index is 1.96. The second kappa shape index (κ2) is 13.6.